The largest absolute Gasteiger partial charge is 0.330 e. The van der Waals surface area contributed by atoms with Gasteiger partial charge >= 0.3 is 0 Å². The van der Waals surface area contributed by atoms with Crippen molar-refractivity contribution >= 4 is 10.0 Å². The van der Waals surface area contributed by atoms with Crippen molar-refractivity contribution in [3.05, 3.63) is 29.8 Å². The monoisotopic (exact) mass is 268 g/mol. The van der Waals surface area contributed by atoms with Gasteiger partial charge in [-0.05, 0) is 55.8 Å². The highest BCUT2D eigenvalue weighted by Gasteiger charge is 2.24. The number of nitrogens with two attached hydrogens (primary N) is 1. The molecule has 3 N–H and O–H groups in total. The quantitative estimate of drug-likeness (QED) is 0.782. The van der Waals surface area contributed by atoms with Crippen LogP contribution in [0.4, 0.5) is 0 Å². The van der Waals surface area contributed by atoms with E-state index in [1.165, 1.54) is 0 Å². The maximum Gasteiger partial charge on any atom is 0.240 e. The second-order valence-electron chi connectivity index (χ2n) is 4.83. The lowest BCUT2D eigenvalue weighted by Crippen LogP contribution is -2.25. The van der Waals surface area contributed by atoms with Crippen molar-refractivity contribution in [2.75, 3.05) is 13.1 Å². The summed E-state index contributed by atoms with van der Waals surface area (Å²) in [6.45, 7) is 1.22. The number of benzene rings is 1. The third kappa shape index (κ3) is 3.80. The Hall–Kier alpha value is -0.910. The molecule has 0 heterocycles. The number of rotatable bonds is 7. The summed E-state index contributed by atoms with van der Waals surface area (Å²) in [6, 6.07) is 7.06. The first kappa shape index (κ1) is 13.5. The lowest BCUT2D eigenvalue weighted by molar-refractivity contribution is 0.577. The van der Waals surface area contributed by atoms with Crippen LogP contribution in [0, 0.1) is 5.92 Å². The lowest BCUT2D eigenvalue weighted by Gasteiger charge is -2.07. The van der Waals surface area contributed by atoms with E-state index in [9.17, 15) is 8.42 Å². The molecule has 0 saturated heterocycles. The van der Waals surface area contributed by atoms with Gasteiger partial charge in [0.2, 0.25) is 10.0 Å². The van der Waals surface area contributed by atoms with Crippen LogP contribution in [0.1, 0.15) is 24.8 Å². The third-order valence-corrected chi connectivity index (χ3v) is 4.60. The van der Waals surface area contributed by atoms with Gasteiger partial charge in [0.15, 0.2) is 0 Å². The molecule has 0 unspecified atom stereocenters. The van der Waals surface area contributed by atoms with Crippen molar-refractivity contribution in [2.45, 2.75) is 30.6 Å². The van der Waals surface area contributed by atoms with Crippen LogP contribution in [0.2, 0.25) is 0 Å². The summed E-state index contributed by atoms with van der Waals surface area (Å²) in [5.74, 6) is 0.545. The molecule has 0 bridgehead atoms. The zero-order valence-corrected chi connectivity index (χ0v) is 11.2. The number of hydrogen-bond acceptors (Lipinski definition) is 3. The Morgan fingerprint density at radius 1 is 1.22 bits per heavy atom. The van der Waals surface area contributed by atoms with Crippen LogP contribution in [0.25, 0.3) is 0 Å². The summed E-state index contributed by atoms with van der Waals surface area (Å²) < 4.78 is 26.6. The molecule has 1 aromatic carbocycles. The Morgan fingerprint density at radius 2 is 1.89 bits per heavy atom. The highest BCUT2D eigenvalue weighted by molar-refractivity contribution is 7.89. The fourth-order valence-electron chi connectivity index (χ4n) is 1.77. The van der Waals surface area contributed by atoms with Gasteiger partial charge < -0.3 is 5.73 Å². The molecule has 2 rings (SSSR count). The van der Waals surface area contributed by atoms with Crippen molar-refractivity contribution in [3.8, 4) is 0 Å². The number of sulfonamides is 1. The van der Waals surface area contributed by atoms with Crippen molar-refractivity contribution < 1.29 is 8.42 Å². The summed E-state index contributed by atoms with van der Waals surface area (Å²) in [4.78, 5) is 0.347. The van der Waals surface area contributed by atoms with Crippen LogP contribution in [-0.2, 0) is 16.4 Å². The van der Waals surface area contributed by atoms with Gasteiger partial charge in [-0.25, -0.2) is 13.1 Å². The van der Waals surface area contributed by atoms with Crippen molar-refractivity contribution in [2.24, 2.45) is 11.7 Å². The zero-order chi connectivity index (χ0) is 13.0. The highest BCUT2D eigenvalue weighted by atomic mass is 32.2. The Bertz CT molecular complexity index is 478. The van der Waals surface area contributed by atoms with Gasteiger partial charge in [0, 0.05) is 6.54 Å². The van der Waals surface area contributed by atoms with Crippen LogP contribution in [0.15, 0.2) is 29.2 Å². The average Bonchev–Trinajstić information content (AvgIpc) is 3.19. The number of hydrogen-bond donors (Lipinski definition) is 2. The Labute approximate surface area is 109 Å². The van der Waals surface area contributed by atoms with Gasteiger partial charge in [0.05, 0.1) is 4.90 Å². The topological polar surface area (TPSA) is 72.2 Å². The van der Waals surface area contributed by atoms with E-state index in [0.717, 1.165) is 31.2 Å². The zero-order valence-electron chi connectivity index (χ0n) is 10.4. The molecule has 100 valence electrons. The fraction of sp³-hybridized carbons (Fsp3) is 0.538. The van der Waals surface area contributed by atoms with E-state index < -0.39 is 10.0 Å². The molecule has 0 spiro atoms. The predicted molar refractivity (Wildman–Crippen MR) is 71.7 cm³/mol. The first-order valence-electron chi connectivity index (χ1n) is 6.40. The van der Waals surface area contributed by atoms with E-state index in [1.54, 1.807) is 12.1 Å². The minimum atomic E-state index is -3.33. The number of aryl methyl sites for hydroxylation is 1. The van der Waals surface area contributed by atoms with Gasteiger partial charge in [-0.15, -0.1) is 0 Å². The summed E-state index contributed by atoms with van der Waals surface area (Å²) in [5, 5.41) is 0. The van der Waals surface area contributed by atoms with Crippen LogP contribution in [0.3, 0.4) is 0 Å². The Balaban J connectivity index is 1.98. The van der Waals surface area contributed by atoms with Crippen molar-refractivity contribution in [1.29, 1.82) is 0 Å². The normalized spacial score (nSPS) is 15.8. The van der Waals surface area contributed by atoms with Gasteiger partial charge in [-0.1, -0.05) is 12.1 Å². The molecule has 0 aromatic heterocycles. The molecule has 18 heavy (non-hydrogen) atoms. The maximum absolute atomic E-state index is 12.0. The van der Waals surface area contributed by atoms with Gasteiger partial charge in [0.1, 0.15) is 0 Å². The molecule has 1 aliphatic carbocycles. The first-order chi connectivity index (χ1) is 8.62. The fourth-order valence-corrected chi connectivity index (χ4v) is 2.89. The number of nitrogens with one attached hydrogen (secondary N) is 1. The second-order valence-corrected chi connectivity index (χ2v) is 6.60. The molecule has 5 heteroatoms. The van der Waals surface area contributed by atoms with E-state index in [4.69, 9.17) is 5.73 Å². The molecule has 1 saturated carbocycles. The van der Waals surface area contributed by atoms with E-state index >= 15 is 0 Å². The molecule has 0 radical (unpaired) electrons. The molecule has 1 aliphatic rings. The SMILES string of the molecule is NCCCc1ccc(S(=O)(=O)NCC2CC2)cc1. The molecular weight excluding hydrogens is 248 g/mol. The molecule has 4 nitrogen and oxygen atoms in total. The lowest BCUT2D eigenvalue weighted by atomic mass is 10.1. The first-order valence-corrected chi connectivity index (χ1v) is 7.89. The minimum absolute atomic E-state index is 0.347. The Morgan fingerprint density at radius 3 is 2.44 bits per heavy atom. The van der Waals surface area contributed by atoms with Crippen LogP contribution in [-0.4, -0.2) is 21.5 Å². The van der Waals surface area contributed by atoms with Crippen molar-refractivity contribution in [3.63, 3.8) is 0 Å². The second kappa shape index (κ2) is 5.82. The van der Waals surface area contributed by atoms with Gasteiger partial charge in [-0.3, -0.25) is 0 Å². The van der Waals surface area contributed by atoms with E-state index in [0.29, 0.717) is 23.9 Å². The van der Waals surface area contributed by atoms with Crippen LogP contribution < -0.4 is 10.5 Å². The molecule has 0 amide bonds. The summed E-state index contributed by atoms with van der Waals surface area (Å²) >= 11 is 0. The van der Waals surface area contributed by atoms with Gasteiger partial charge in [0.25, 0.3) is 0 Å². The minimum Gasteiger partial charge on any atom is -0.330 e. The van der Waals surface area contributed by atoms with Crippen LogP contribution >= 0.6 is 0 Å². The van der Waals surface area contributed by atoms with E-state index in [-0.39, 0.29) is 0 Å². The summed E-state index contributed by atoms with van der Waals surface area (Å²) in [7, 11) is -3.33. The standard InChI is InChI=1S/C13H20N2O2S/c14-9-1-2-11-5-7-13(8-6-11)18(16,17)15-10-12-3-4-12/h5-8,12,15H,1-4,9-10,14H2. The molecule has 0 aliphatic heterocycles. The van der Waals surface area contributed by atoms with E-state index in [2.05, 4.69) is 4.72 Å². The smallest absolute Gasteiger partial charge is 0.240 e. The average molecular weight is 268 g/mol. The summed E-state index contributed by atoms with van der Waals surface area (Å²) in [6.07, 6.45) is 4.10. The maximum atomic E-state index is 12.0. The van der Waals surface area contributed by atoms with E-state index in [1.807, 2.05) is 12.1 Å². The van der Waals surface area contributed by atoms with Crippen LogP contribution in [0.5, 0.6) is 0 Å². The third-order valence-electron chi connectivity index (χ3n) is 3.16. The molecule has 1 aromatic rings. The highest BCUT2D eigenvalue weighted by Crippen LogP contribution is 2.28. The predicted octanol–water partition coefficient (Wildman–Crippen LogP) is 1.27. The molecule has 1 fully saturated rings. The Kier molecular flexibility index (Phi) is 4.37. The van der Waals surface area contributed by atoms with Gasteiger partial charge in [-0.2, -0.15) is 0 Å². The summed E-state index contributed by atoms with van der Waals surface area (Å²) in [5.41, 5.74) is 6.57. The molecular formula is C13H20N2O2S. The molecule has 0 atom stereocenters. The van der Waals surface area contributed by atoms with Crippen molar-refractivity contribution in [1.82, 2.24) is 4.72 Å².